The third-order valence-corrected chi connectivity index (χ3v) is 7.02. The van der Waals surface area contributed by atoms with Gasteiger partial charge in [-0.25, -0.2) is 0 Å². The lowest BCUT2D eigenvalue weighted by Crippen LogP contribution is -2.21. The summed E-state index contributed by atoms with van der Waals surface area (Å²) in [5.41, 5.74) is 0. The van der Waals surface area contributed by atoms with Crippen molar-refractivity contribution < 1.29 is 4.74 Å². The highest BCUT2D eigenvalue weighted by atomic mass is 16.5. The monoisotopic (exact) mass is 468 g/mol. The Kier molecular flexibility index (Phi) is 31.8. The molecule has 0 aliphatic heterocycles. The lowest BCUT2D eigenvalue weighted by molar-refractivity contribution is 0.131. The Bertz CT molecular complexity index is 290. The Hall–Kier alpha value is -0.0800. The average Bonchev–Trinajstić information content (AvgIpc) is 2.83. The first kappa shape index (κ1) is 32.9. The summed E-state index contributed by atoms with van der Waals surface area (Å²) in [6.45, 7) is 8.62. The van der Waals surface area contributed by atoms with Crippen LogP contribution >= 0.6 is 0 Å². The molecule has 0 saturated heterocycles. The molecule has 0 saturated carbocycles. The van der Waals surface area contributed by atoms with Gasteiger partial charge in [0.1, 0.15) is 0 Å². The van der Waals surface area contributed by atoms with E-state index in [1.54, 1.807) is 0 Å². The third-order valence-electron chi connectivity index (χ3n) is 7.02. The SMILES string of the molecule is CCCCCCCCCCCCCCCCCCNCCOCCCCCCCCCCC. The van der Waals surface area contributed by atoms with E-state index in [0.29, 0.717) is 0 Å². The largest absolute Gasteiger partial charge is 0.380 e. The second kappa shape index (κ2) is 31.9. The fraction of sp³-hybridized carbons (Fsp3) is 1.00. The molecule has 0 aromatic rings. The molecule has 2 nitrogen and oxygen atoms in total. The fourth-order valence-electron chi connectivity index (χ4n) is 4.68. The first-order valence-electron chi connectivity index (χ1n) is 15.7. The molecule has 1 N–H and O–H groups in total. The first-order valence-corrected chi connectivity index (χ1v) is 15.7. The summed E-state index contributed by atoms with van der Waals surface area (Å²) in [5.74, 6) is 0. The van der Waals surface area contributed by atoms with Crippen LogP contribution < -0.4 is 5.32 Å². The van der Waals surface area contributed by atoms with Crippen LogP contribution in [0.2, 0.25) is 0 Å². The van der Waals surface area contributed by atoms with Gasteiger partial charge in [0.15, 0.2) is 0 Å². The van der Waals surface area contributed by atoms with Crippen LogP contribution in [-0.2, 0) is 4.74 Å². The maximum atomic E-state index is 5.76. The van der Waals surface area contributed by atoms with E-state index in [4.69, 9.17) is 4.74 Å². The molecule has 2 heteroatoms. The molecule has 0 aromatic heterocycles. The molecule has 0 rings (SSSR count). The summed E-state index contributed by atoms with van der Waals surface area (Å²) in [5, 5.41) is 3.55. The Labute approximate surface area is 210 Å². The second-order valence-corrected chi connectivity index (χ2v) is 10.5. The summed E-state index contributed by atoms with van der Waals surface area (Å²) in [7, 11) is 0. The molecule has 0 fully saturated rings. The summed E-state index contributed by atoms with van der Waals surface area (Å²) in [6, 6.07) is 0. The van der Waals surface area contributed by atoms with E-state index >= 15 is 0 Å². The number of hydrogen-bond donors (Lipinski definition) is 1. The Morgan fingerprint density at radius 1 is 0.333 bits per heavy atom. The van der Waals surface area contributed by atoms with Gasteiger partial charge in [-0.2, -0.15) is 0 Å². The van der Waals surface area contributed by atoms with Gasteiger partial charge in [-0.1, -0.05) is 162 Å². The topological polar surface area (TPSA) is 21.3 Å². The van der Waals surface area contributed by atoms with Gasteiger partial charge in [0.2, 0.25) is 0 Å². The smallest absolute Gasteiger partial charge is 0.0590 e. The highest BCUT2D eigenvalue weighted by Gasteiger charge is 1.96. The molecule has 0 unspecified atom stereocenters. The van der Waals surface area contributed by atoms with Gasteiger partial charge < -0.3 is 10.1 Å². The van der Waals surface area contributed by atoms with E-state index in [1.807, 2.05) is 0 Å². The summed E-state index contributed by atoms with van der Waals surface area (Å²) < 4.78 is 5.76. The first-order chi connectivity index (χ1) is 16.4. The van der Waals surface area contributed by atoms with Gasteiger partial charge in [-0.3, -0.25) is 0 Å². The van der Waals surface area contributed by atoms with E-state index in [2.05, 4.69) is 19.2 Å². The number of unbranched alkanes of at least 4 members (excludes halogenated alkanes) is 23. The van der Waals surface area contributed by atoms with Gasteiger partial charge >= 0.3 is 0 Å². The molecule has 0 aliphatic carbocycles. The third kappa shape index (κ3) is 31.9. The van der Waals surface area contributed by atoms with Crippen molar-refractivity contribution in [2.45, 2.75) is 174 Å². The van der Waals surface area contributed by atoms with E-state index in [-0.39, 0.29) is 0 Å². The quantitative estimate of drug-likeness (QED) is 0.106. The minimum atomic E-state index is 0.885. The van der Waals surface area contributed by atoms with E-state index in [1.165, 1.54) is 167 Å². The summed E-state index contributed by atoms with van der Waals surface area (Å²) in [4.78, 5) is 0. The van der Waals surface area contributed by atoms with Crippen molar-refractivity contribution >= 4 is 0 Å². The maximum absolute atomic E-state index is 5.76. The molecule has 0 amide bonds. The van der Waals surface area contributed by atoms with Crippen molar-refractivity contribution in [2.24, 2.45) is 0 Å². The van der Waals surface area contributed by atoms with Crippen LogP contribution in [0.25, 0.3) is 0 Å². The van der Waals surface area contributed by atoms with E-state index in [0.717, 1.165) is 19.8 Å². The van der Waals surface area contributed by atoms with Crippen LogP contribution in [0.3, 0.4) is 0 Å². The molecule has 0 atom stereocenters. The zero-order valence-corrected chi connectivity index (χ0v) is 23.4. The van der Waals surface area contributed by atoms with Crippen LogP contribution in [0.4, 0.5) is 0 Å². The molecule has 0 spiro atoms. The van der Waals surface area contributed by atoms with Crippen LogP contribution in [-0.4, -0.2) is 26.3 Å². The van der Waals surface area contributed by atoms with Crippen LogP contribution in [0.5, 0.6) is 0 Å². The summed E-state index contributed by atoms with van der Waals surface area (Å²) >= 11 is 0. The Morgan fingerprint density at radius 3 is 1.06 bits per heavy atom. The zero-order chi connectivity index (χ0) is 23.9. The van der Waals surface area contributed by atoms with Crippen molar-refractivity contribution in [1.29, 1.82) is 0 Å². The zero-order valence-electron chi connectivity index (χ0n) is 23.4. The predicted octanol–water partition coefficient (Wildman–Crippen LogP) is 10.4. The number of hydrogen-bond acceptors (Lipinski definition) is 2. The lowest BCUT2D eigenvalue weighted by Gasteiger charge is -2.07. The Balaban J connectivity index is 2.99. The standard InChI is InChI=1S/C31H65NO/c1-3-5-7-9-11-13-14-15-16-17-18-19-20-22-24-26-28-32-29-31-33-30-27-25-23-21-12-10-8-6-4-2/h32H,3-31H2,1-2H3. The molecule has 0 heterocycles. The number of nitrogens with one attached hydrogen (secondary N) is 1. The van der Waals surface area contributed by atoms with Crippen molar-refractivity contribution in [3.63, 3.8) is 0 Å². The van der Waals surface area contributed by atoms with Gasteiger partial charge in [0.25, 0.3) is 0 Å². The van der Waals surface area contributed by atoms with Crippen molar-refractivity contribution in [3.8, 4) is 0 Å². The predicted molar refractivity (Wildman–Crippen MR) is 150 cm³/mol. The highest BCUT2D eigenvalue weighted by molar-refractivity contribution is 4.52. The fourth-order valence-corrected chi connectivity index (χ4v) is 4.68. The van der Waals surface area contributed by atoms with E-state index < -0.39 is 0 Å². The molecule has 0 aromatic carbocycles. The summed E-state index contributed by atoms with van der Waals surface area (Å²) in [6.07, 6.45) is 35.6. The molecular formula is C31H65NO. The van der Waals surface area contributed by atoms with Gasteiger partial charge in [-0.05, 0) is 19.4 Å². The average molecular weight is 468 g/mol. The molecule has 33 heavy (non-hydrogen) atoms. The van der Waals surface area contributed by atoms with Crippen molar-refractivity contribution in [3.05, 3.63) is 0 Å². The minimum absolute atomic E-state index is 0.885. The van der Waals surface area contributed by atoms with Crippen molar-refractivity contribution in [2.75, 3.05) is 26.3 Å². The van der Waals surface area contributed by atoms with E-state index in [9.17, 15) is 0 Å². The molecule has 200 valence electrons. The Morgan fingerprint density at radius 2 is 0.667 bits per heavy atom. The molecule has 0 bridgehead atoms. The minimum Gasteiger partial charge on any atom is -0.380 e. The normalized spacial score (nSPS) is 11.5. The second-order valence-electron chi connectivity index (χ2n) is 10.5. The van der Waals surface area contributed by atoms with Crippen molar-refractivity contribution in [1.82, 2.24) is 5.32 Å². The van der Waals surface area contributed by atoms with Gasteiger partial charge in [0, 0.05) is 13.2 Å². The molecule has 0 radical (unpaired) electrons. The van der Waals surface area contributed by atoms with Gasteiger partial charge in [-0.15, -0.1) is 0 Å². The van der Waals surface area contributed by atoms with Crippen LogP contribution in [0, 0.1) is 0 Å². The van der Waals surface area contributed by atoms with Crippen LogP contribution in [0.1, 0.15) is 174 Å². The number of rotatable bonds is 30. The molecule has 0 aliphatic rings. The van der Waals surface area contributed by atoms with Gasteiger partial charge in [0.05, 0.1) is 6.61 Å². The van der Waals surface area contributed by atoms with Crippen LogP contribution in [0.15, 0.2) is 0 Å². The molecular weight excluding hydrogens is 402 g/mol. The highest BCUT2D eigenvalue weighted by Crippen LogP contribution is 2.13. The maximum Gasteiger partial charge on any atom is 0.0590 e. The number of ether oxygens (including phenoxy) is 1. The lowest BCUT2D eigenvalue weighted by atomic mass is 10.0.